The van der Waals surface area contributed by atoms with Crippen LogP contribution in [-0.4, -0.2) is 29.8 Å². The zero-order chi connectivity index (χ0) is 13.8. The molecule has 1 heterocycles. The fraction of sp³-hybridized carbons (Fsp3) is 0.357. The van der Waals surface area contributed by atoms with Crippen LogP contribution in [0.15, 0.2) is 41.7 Å². The number of nitrogens with zero attached hydrogens (tertiary/aromatic N) is 3. The Labute approximate surface area is 113 Å². The molecular formula is C14H18N4O. The maximum atomic E-state index is 9.21. The van der Waals surface area contributed by atoms with E-state index in [1.807, 2.05) is 54.3 Å². The molecule has 0 radical (unpaired) electrons. The summed E-state index contributed by atoms with van der Waals surface area (Å²) in [7, 11) is 1.87. The first-order valence-corrected chi connectivity index (χ1v) is 6.24. The Morgan fingerprint density at radius 1 is 1.37 bits per heavy atom. The predicted molar refractivity (Wildman–Crippen MR) is 72.0 cm³/mol. The normalized spacial score (nSPS) is 19.8. The first-order chi connectivity index (χ1) is 9.19. The topological polar surface area (TPSA) is 65.5 Å². The lowest BCUT2D eigenvalue weighted by Crippen LogP contribution is -2.41. The summed E-state index contributed by atoms with van der Waals surface area (Å²) in [6.45, 7) is 3.14. The van der Waals surface area contributed by atoms with E-state index in [0.717, 1.165) is 5.56 Å². The average Bonchev–Trinajstić information content (AvgIpc) is 2.67. The number of benzene rings is 1. The Hall–Kier alpha value is -2.03. The summed E-state index contributed by atoms with van der Waals surface area (Å²) in [5, 5.41) is 12.9. The van der Waals surface area contributed by atoms with Gasteiger partial charge in [-0.1, -0.05) is 30.3 Å². The number of hydrogen-bond donors (Lipinski definition) is 1. The van der Waals surface area contributed by atoms with Gasteiger partial charge >= 0.3 is 0 Å². The van der Waals surface area contributed by atoms with E-state index in [0.29, 0.717) is 24.5 Å². The number of ether oxygens (including phenoxy) is 1. The highest BCUT2D eigenvalue weighted by Gasteiger charge is 2.35. The number of hydrogen-bond acceptors (Lipinski definition) is 5. The summed E-state index contributed by atoms with van der Waals surface area (Å²) in [4.78, 5) is 0. The van der Waals surface area contributed by atoms with E-state index in [2.05, 4.69) is 6.07 Å². The van der Waals surface area contributed by atoms with Gasteiger partial charge in [0.25, 0.3) is 0 Å². The Morgan fingerprint density at radius 3 is 2.63 bits per heavy atom. The molecule has 5 nitrogen and oxygen atoms in total. The fourth-order valence-electron chi connectivity index (χ4n) is 2.20. The van der Waals surface area contributed by atoms with Crippen LogP contribution in [-0.2, 0) is 11.3 Å². The molecule has 1 aromatic carbocycles. The van der Waals surface area contributed by atoms with Gasteiger partial charge in [-0.25, -0.2) is 0 Å². The van der Waals surface area contributed by atoms with Crippen LogP contribution in [0.2, 0.25) is 0 Å². The minimum Gasteiger partial charge on any atom is -0.383 e. The number of rotatable bonds is 4. The third-order valence-corrected chi connectivity index (χ3v) is 3.19. The van der Waals surface area contributed by atoms with Gasteiger partial charge < -0.3 is 10.5 Å². The summed E-state index contributed by atoms with van der Waals surface area (Å²) in [6, 6.07) is 12.0. The molecule has 0 saturated heterocycles. The van der Waals surface area contributed by atoms with Crippen molar-refractivity contribution >= 4 is 0 Å². The van der Waals surface area contributed by atoms with Crippen molar-refractivity contribution in [2.75, 3.05) is 13.6 Å². The first kappa shape index (κ1) is 13.4. The van der Waals surface area contributed by atoms with Gasteiger partial charge in [-0.15, -0.1) is 0 Å². The van der Waals surface area contributed by atoms with E-state index < -0.39 is 6.23 Å². The van der Waals surface area contributed by atoms with Crippen LogP contribution in [0.1, 0.15) is 12.5 Å². The summed E-state index contributed by atoms with van der Waals surface area (Å²) < 4.78 is 5.83. The minimum absolute atomic E-state index is 0.412. The van der Waals surface area contributed by atoms with Gasteiger partial charge in [-0.3, -0.25) is 5.01 Å². The molecule has 1 unspecified atom stereocenters. The Bertz CT molecular complexity index is 506. The van der Waals surface area contributed by atoms with E-state index in [1.165, 1.54) is 0 Å². The van der Waals surface area contributed by atoms with Gasteiger partial charge in [-0.2, -0.15) is 10.3 Å². The average molecular weight is 258 g/mol. The summed E-state index contributed by atoms with van der Waals surface area (Å²) in [6.07, 6.45) is -0.412. The van der Waals surface area contributed by atoms with Gasteiger partial charge in [0.15, 0.2) is 6.23 Å². The van der Waals surface area contributed by atoms with E-state index in [1.54, 1.807) is 0 Å². The second-order valence-electron chi connectivity index (χ2n) is 4.35. The van der Waals surface area contributed by atoms with Gasteiger partial charge in [-0.05, 0) is 12.5 Å². The van der Waals surface area contributed by atoms with Crippen molar-refractivity contribution in [3.8, 4) is 6.07 Å². The third-order valence-electron chi connectivity index (χ3n) is 3.19. The second-order valence-corrected chi connectivity index (χ2v) is 4.35. The Morgan fingerprint density at radius 2 is 2.05 bits per heavy atom. The Kier molecular flexibility index (Phi) is 4.05. The number of hydrazine groups is 1. The van der Waals surface area contributed by atoms with Crippen LogP contribution < -0.4 is 5.73 Å². The zero-order valence-electron chi connectivity index (χ0n) is 11.2. The van der Waals surface area contributed by atoms with Crippen LogP contribution in [0, 0.1) is 11.3 Å². The molecule has 2 rings (SSSR count). The molecule has 1 atom stereocenters. The van der Waals surface area contributed by atoms with Crippen molar-refractivity contribution in [3.63, 3.8) is 0 Å². The zero-order valence-corrected chi connectivity index (χ0v) is 11.2. The molecule has 0 aromatic heterocycles. The van der Waals surface area contributed by atoms with Crippen molar-refractivity contribution in [1.29, 1.82) is 5.26 Å². The lowest BCUT2D eigenvalue weighted by atomic mass is 10.2. The van der Waals surface area contributed by atoms with E-state index in [-0.39, 0.29) is 0 Å². The van der Waals surface area contributed by atoms with E-state index in [9.17, 15) is 5.26 Å². The molecule has 0 spiro atoms. The monoisotopic (exact) mass is 258 g/mol. The third kappa shape index (κ3) is 2.55. The highest BCUT2D eigenvalue weighted by molar-refractivity contribution is 5.32. The molecule has 0 amide bonds. The van der Waals surface area contributed by atoms with E-state index in [4.69, 9.17) is 10.5 Å². The van der Waals surface area contributed by atoms with Crippen LogP contribution in [0.3, 0.4) is 0 Å². The fourth-order valence-corrected chi connectivity index (χ4v) is 2.20. The Balaban J connectivity index is 2.10. The van der Waals surface area contributed by atoms with Gasteiger partial charge in [0, 0.05) is 13.6 Å². The van der Waals surface area contributed by atoms with Gasteiger partial charge in [0.1, 0.15) is 17.5 Å². The maximum absolute atomic E-state index is 9.21. The SMILES string of the molecule is CCN1C(N)=C(C#N)C(OCc2ccccc2)N1C. The van der Waals surface area contributed by atoms with Crippen LogP contribution >= 0.6 is 0 Å². The van der Waals surface area contributed by atoms with Crippen molar-refractivity contribution in [2.45, 2.75) is 19.8 Å². The molecule has 0 fully saturated rings. The molecule has 0 aliphatic carbocycles. The van der Waals surface area contributed by atoms with Crippen LogP contribution in [0.4, 0.5) is 0 Å². The van der Waals surface area contributed by atoms with Crippen molar-refractivity contribution in [2.24, 2.45) is 5.73 Å². The molecule has 19 heavy (non-hydrogen) atoms. The summed E-state index contributed by atoms with van der Waals surface area (Å²) in [5.41, 5.74) is 7.50. The van der Waals surface area contributed by atoms with Crippen LogP contribution in [0.5, 0.6) is 0 Å². The minimum atomic E-state index is -0.412. The number of likely N-dealkylation sites (N-methyl/N-ethyl adjacent to an activating group) is 1. The standard InChI is InChI=1S/C14H18N4O/c1-3-18-13(16)12(9-15)14(17(18)2)19-10-11-7-5-4-6-8-11/h4-8,14H,3,10,16H2,1-2H3. The molecule has 5 heteroatoms. The van der Waals surface area contributed by atoms with Crippen molar-refractivity contribution in [1.82, 2.24) is 10.0 Å². The number of nitrogens with two attached hydrogens (primary N) is 1. The van der Waals surface area contributed by atoms with Gasteiger partial charge in [0.2, 0.25) is 0 Å². The molecule has 1 aliphatic heterocycles. The molecule has 0 saturated carbocycles. The first-order valence-electron chi connectivity index (χ1n) is 6.24. The highest BCUT2D eigenvalue weighted by atomic mass is 16.5. The summed E-state index contributed by atoms with van der Waals surface area (Å²) in [5.74, 6) is 0.477. The molecule has 2 N–H and O–H groups in total. The lowest BCUT2D eigenvalue weighted by Gasteiger charge is -2.29. The smallest absolute Gasteiger partial charge is 0.166 e. The maximum Gasteiger partial charge on any atom is 0.166 e. The van der Waals surface area contributed by atoms with Gasteiger partial charge in [0.05, 0.1) is 6.61 Å². The van der Waals surface area contributed by atoms with Crippen molar-refractivity contribution in [3.05, 3.63) is 47.3 Å². The second kappa shape index (κ2) is 5.74. The number of nitriles is 1. The largest absolute Gasteiger partial charge is 0.383 e. The lowest BCUT2D eigenvalue weighted by molar-refractivity contribution is -0.0987. The molecule has 1 aromatic rings. The van der Waals surface area contributed by atoms with Crippen molar-refractivity contribution < 1.29 is 4.74 Å². The molecule has 1 aliphatic rings. The molecular weight excluding hydrogens is 240 g/mol. The summed E-state index contributed by atoms with van der Waals surface area (Å²) >= 11 is 0. The predicted octanol–water partition coefficient (Wildman–Crippen LogP) is 1.41. The highest BCUT2D eigenvalue weighted by Crippen LogP contribution is 2.25. The van der Waals surface area contributed by atoms with Crippen LogP contribution in [0.25, 0.3) is 0 Å². The molecule has 100 valence electrons. The quantitative estimate of drug-likeness (QED) is 0.884. The van der Waals surface area contributed by atoms with E-state index >= 15 is 0 Å². The molecule has 0 bridgehead atoms.